The van der Waals surface area contributed by atoms with Gasteiger partial charge in [-0.1, -0.05) is 0 Å². The lowest BCUT2D eigenvalue weighted by Crippen LogP contribution is -2.40. The Morgan fingerprint density at radius 1 is 1.40 bits per heavy atom. The molecule has 1 fully saturated rings. The number of aromatic nitrogens is 1. The van der Waals surface area contributed by atoms with Gasteiger partial charge in [0, 0.05) is 44.1 Å². The van der Waals surface area contributed by atoms with E-state index in [-0.39, 0.29) is 0 Å². The number of halogens is 1. The molecule has 2 heterocycles. The highest BCUT2D eigenvalue weighted by Gasteiger charge is 2.19. The average Bonchev–Trinajstić information content (AvgIpc) is 2.20. The fourth-order valence-electron chi connectivity index (χ4n) is 1.51. The molecule has 0 aromatic carbocycles. The Morgan fingerprint density at radius 2 is 2.07 bits per heavy atom. The second kappa shape index (κ2) is 4.25. The van der Waals surface area contributed by atoms with E-state index in [0.29, 0.717) is 24.6 Å². The third kappa shape index (κ3) is 2.81. The molecule has 1 aromatic rings. The van der Waals surface area contributed by atoms with Crippen molar-refractivity contribution in [2.45, 2.75) is 0 Å². The Balaban J connectivity index is 2.11. The Morgan fingerprint density at radius 3 is 2.60 bits per heavy atom. The first-order valence-corrected chi connectivity index (χ1v) is 7.65. The normalized spacial score (nSPS) is 20.2. The van der Waals surface area contributed by atoms with Crippen molar-refractivity contribution in [1.29, 1.82) is 4.78 Å². The maximum absolute atomic E-state index is 11.5. The first-order valence-electron chi connectivity index (χ1n) is 4.67. The van der Waals surface area contributed by atoms with Gasteiger partial charge in [-0.05, 0) is 34.7 Å². The van der Waals surface area contributed by atoms with Crippen molar-refractivity contribution in [3.8, 4) is 0 Å². The summed E-state index contributed by atoms with van der Waals surface area (Å²) in [6.07, 6.45) is 1.82. The molecule has 0 atom stereocenters. The summed E-state index contributed by atoms with van der Waals surface area (Å²) in [6.45, 7) is 1.35. The van der Waals surface area contributed by atoms with Gasteiger partial charge in [0.1, 0.15) is 5.82 Å². The highest BCUT2D eigenvalue weighted by molar-refractivity contribution is 14.1. The van der Waals surface area contributed by atoms with E-state index in [0.717, 1.165) is 9.39 Å². The topological polar surface area (TPSA) is 57.1 Å². The fourth-order valence-corrected chi connectivity index (χ4v) is 3.07. The molecule has 0 spiro atoms. The molecule has 15 heavy (non-hydrogen) atoms. The Labute approximate surface area is 103 Å². The number of anilines is 1. The zero-order valence-electron chi connectivity index (χ0n) is 8.15. The van der Waals surface area contributed by atoms with Crippen molar-refractivity contribution in [2.24, 2.45) is 0 Å². The Hall–Kier alpha value is -0.370. The van der Waals surface area contributed by atoms with E-state index < -0.39 is 9.73 Å². The monoisotopic (exact) mass is 337 g/mol. The molecule has 1 N–H and O–H groups in total. The van der Waals surface area contributed by atoms with Crippen LogP contribution in [0.15, 0.2) is 18.3 Å². The van der Waals surface area contributed by atoms with Gasteiger partial charge >= 0.3 is 0 Å². The zero-order valence-corrected chi connectivity index (χ0v) is 11.1. The van der Waals surface area contributed by atoms with Gasteiger partial charge in [0.15, 0.2) is 0 Å². The average molecular weight is 337 g/mol. The molecule has 0 amide bonds. The number of pyridine rings is 1. The summed E-state index contributed by atoms with van der Waals surface area (Å²) in [5.41, 5.74) is 0. The molecular weight excluding hydrogens is 325 g/mol. The fraction of sp³-hybridized carbons (Fsp3) is 0.444. The molecule has 1 aromatic heterocycles. The van der Waals surface area contributed by atoms with Crippen molar-refractivity contribution in [3.63, 3.8) is 0 Å². The third-order valence-electron chi connectivity index (χ3n) is 2.42. The van der Waals surface area contributed by atoms with E-state index in [1.807, 2.05) is 18.3 Å². The number of hydrogen-bond donors (Lipinski definition) is 1. The lowest BCUT2D eigenvalue weighted by molar-refractivity contribution is 0.663. The molecule has 0 bridgehead atoms. The van der Waals surface area contributed by atoms with Crippen LogP contribution in [0.25, 0.3) is 0 Å². The highest BCUT2D eigenvalue weighted by Crippen LogP contribution is 2.15. The second-order valence-corrected chi connectivity index (χ2v) is 7.23. The molecule has 0 saturated carbocycles. The largest absolute Gasteiger partial charge is 0.355 e. The summed E-state index contributed by atoms with van der Waals surface area (Å²) in [5.74, 6) is 1.84. The smallest absolute Gasteiger partial charge is 0.128 e. The van der Waals surface area contributed by atoms with Crippen molar-refractivity contribution in [3.05, 3.63) is 21.9 Å². The van der Waals surface area contributed by atoms with Gasteiger partial charge in [-0.15, -0.1) is 0 Å². The van der Waals surface area contributed by atoms with E-state index in [2.05, 4.69) is 32.5 Å². The molecule has 82 valence electrons. The molecule has 0 radical (unpaired) electrons. The molecule has 0 aliphatic carbocycles. The van der Waals surface area contributed by atoms with Crippen LogP contribution in [0.4, 0.5) is 5.82 Å². The van der Waals surface area contributed by atoms with Crippen LogP contribution in [0.2, 0.25) is 0 Å². The summed E-state index contributed by atoms with van der Waals surface area (Å²) in [5, 5.41) is 0. The van der Waals surface area contributed by atoms with E-state index in [1.165, 1.54) is 0 Å². The SMILES string of the molecule is N=S1(=O)CCN(c2ccc(I)cn2)CC1. The van der Waals surface area contributed by atoms with Crippen LogP contribution < -0.4 is 4.90 Å². The zero-order chi connectivity index (χ0) is 10.9. The van der Waals surface area contributed by atoms with E-state index >= 15 is 0 Å². The van der Waals surface area contributed by atoms with Crippen molar-refractivity contribution in [1.82, 2.24) is 4.98 Å². The lowest BCUT2D eigenvalue weighted by Gasteiger charge is -2.28. The minimum atomic E-state index is -2.30. The van der Waals surface area contributed by atoms with Crippen LogP contribution in [0, 0.1) is 8.35 Å². The van der Waals surface area contributed by atoms with E-state index in [1.54, 1.807) is 0 Å². The van der Waals surface area contributed by atoms with Crippen LogP contribution in [0.3, 0.4) is 0 Å². The van der Waals surface area contributed by atoms with Gasteiger partial charge in [-0.25, -0.2) is 9.19 Å². The van der Waals surface area contributed by atoms with Gasteiger partial charge < -0.3 is 4.90 Å². The Bertz CT molecular complexity index is 429. The highest BCUT2D eigenvalue weighted by atomic mass is 127. The van der Waals surface area contributed by atoms with Crippen molar-refractivity contribution >= 4 is 38.1 Å². The predicted octanol–water partition coefficient (Wildman–Crippen LogP) is 1.55. The maximum Gasteiger partial charge on any atom is 0.128 e. The van der Waals surface area contributed by atoms with Gasteiger partial charge in [0.2, 0.25) is 0 Å². The van der Waals surface area contributed by atoms with Crippen LogP contribution in [0.1, 0.15) is 0 Å². The van der Waals surface area contributed by atoms with Crippen LogP contribution in [0.5, 0.6) is 0 Å². The summed E-state index contributed by atoms with van der Waals surface area (Å²) in [4.78, 5) is 6.41. The molecule has 1 aliphatic rings. The van der Waals surface area contributed by atoms with Crippen molar-refractivity contribution in [2.75, 3.05) is 29.5 Å². The number of nitrogens with one attached hydrogen (secondary N) is 1. The van der Waals surface area contributed by atoms with Crippen LogP contribution >= 0.6 is 22.6 Å². The van der Waals surface area contributed by atoms with Crippen LogP contribution in [-0.4, -0.2) is 33.8 Å². The third-order valence-corrected chi connectivity index (χ3v) is 4.74. The minimum absolute atomic E-state index is 0.459. The second-order valence-electron chi connectivity index (χ2n) is 3.54. The lowest BCUT2D eigenvalue weighted by atomic mass is 10.4. The van der Waals surface area contributed by atoms with Gasteiger partial charge in [0.25, 0.3) is 0 Å². The first-order chi connectivity index (χ1) is 7.07. The number of hydrogen-bond acceptors (Lipinski definition) is 4. The van der Waals surface area contributed by atoms with E-state index in [4.69, 9.17) is 4.78 Å². The van der Waals surface area contributed by atoms with Gasteiger partial charge in [-0.3, -0.25) is 4.78 Å². The predicted molar refractivity (Wildman–Crippen MR) is 69.8 cm³/mol. The molecule has 4 nitrogen and oxygen atoms in total. The maximum atomic E-state index is 11.5. The summed E-state index contributed by atoms with van der Waals surface area (Å²) in [7, 11) is -2.30. The summed E-state index contributed by atoms with van der Waals surface area (Å²) < 4.78 is 20.1. The number of rotatable bonds is 1. The molecular formula is C9H12IN3OS. The van der Waals surface area contributed by atoms with Crippen LogP contribution in [-0.2, 0) is 9.73 Å². The molecule has 1 aliphatic heterocycles. The van der Waals surface area contributed by atoms with E-state index in [9.17, 15) is 4.21 Å². The Kier molecular flexibility index (Phi) is 3.15. The molecule has 1 saturated heterocycles. The molecule has 0 unspecified atom stereocenters. The quantitative estimate of drug-likeness (QED) is 0.791. The van der Waals surface area contributed by atoms with Crippen molar-refractivity contribution < 1.29 is 4.21 Å². The molecule has 6 heteroatoms. The van der Waals surface area contributed by atoms with Gasteiger partial charge in [-0.2, -0.15) is 0 Å². The standard InChI is InChI=1S/C9H12IN3OS/c10-8-1-2-9(12-7-8)13-3-5-15(11,14)6-4-13/h1-2,7,11H,3-6H2. The number of nitrogens with zero attached hydrogens (tertiary/aromatic N) is 2. The first kappa shape index (κ1) is 11.1. The minimum Gasteiger partial charge on any atom is -0.355 e. The molecule has 2 rings (SSSR count). The summed E-state index contributed by atoms with van der Waals surface area (Å²) >= 11 is 2.22. The summed E-state index contributed by atoms with van der Waals surface area (Å²) in [6, 6.07) is 3.98. The van der Waals surface area contributed by atoms with Gasteiger partial charge in [0.05, 0.1) is 0 Å².